The molecular formula is C39H53N7O6S. The first-order valence-electron chi connectivity index (χ1n) is 17.5. The molecule has 6 N–H and O–H groups in total. The van der Waals surface area contributed by atoms with Gasteiger partial charge in [0.25, 0.3) is 11.8 Å². The van der Waals surface area contributed by atoms with Crippen LogP contribution < -0.4 is 31.3 Å². The molecule has 3 rings (SSSR count). The van der Waals surface area contributed by atoms with E-state index in [9.17, 15) is 22.8 Å². The molecule has 0 aliphatic carbocycles. The summed E-state index contributed by atoms with van der Waals surface area (Å²) in [5.41, 5.74) is 7.92. The molecule has 14 heteroatoms. The average molecular weight is 748 g/mol. The molecule has 0 aliphatic heterocycles. The third-order valence-electron chi connectivity index (χ3n) is 8.63. The van der Waals surface area contributed by atoms with Crippen LogP contribution in [0.3, 0.4) is 0 Å². The molecule has 13 nitrogen and oxygen atoms in total. The van der Waals surface area contributed by atoms with Crippen LogP contribution in [0.4, 0.5) is 5.69 Å². The average Bonchev–Trinajstić information content (AvgIpc) is 3.14. The molecule has 2 unspecified atom stereocenters. The van der Waals surface area contributed by atoms with E-state index in [4.69, 9.17) is 10.6 Å². The highest BCUT2D eigenvalue weighted by atomic mass is 32.2. The Morgan fingerprint density at radius 1 is 0.887 bits per heavy atom. The summed E-state index contributed by atoms with van der Waals surface area (Å²) in [6.45, 7) is 13.3. The monoisotopic (exact) mass is 747 g/mol. The van der Waals surface area contributed by atoms with E-state index in [1.807, 2.05) is 88.4 Å². The molecule has 0 saturated carbocycles. The minimum Gasteiger partial charge on any atom is -0.384 e. The Morgan fingerprint density at radius 3 is 2.00 bits per heavy atom. The summed E-state index contributed by atoms with van der Waals surface area (Å²) >= 11 is 0. The van der Waals surface area contributed by atoms with Crippen LogP contribution in [0.1, 0.15) is 78.9 Å². The molecule has 0 aliphatic rings. The van der Waals surface area contributed by atoms with Gasteiger partial charge in [-0.05, 0) is 55.5 Å². The number of anilines is 1. The van der Waals surface area contributed by atoms with Crippen LogP contribution in [0.25, 0.3) is 0 Å². The van der Waals surface area contributed by atoms with Gasteiger partial charge in [0.05, 0.1) is 30.1 Å². The fraction of sp³-hybridized carbons (Fsp3) is 0.385. The van der Waals surface area contributed by atoms with Crippen molar-refractivity contribution in [3.8, 4) is 0 Å². The van der Waals surface area contributed by atoms with Crippen LogP contribution in [-0.2, 0) is 26.1 Å². The number of carbonyl (C=O) groups excluding carboxylic acids is 3. The number of nitrogens with zero attached hydrogens (tertiary/aromatic N) is 2. The van der Waals surface area contributed by atoms with E-state index in [-0.39, 0.29) is 47.0 Å². The lowest BCUT2D eigenvalue weighted by Crippen LogP contribution is -2.52. The highest BCUT2D eigenvalue weighted by Crippen LogP contribution is 2.22. The second-order valence-electron chi connectivity index (χ2n) is 13.3. The van der Waals surface area contributed by atoms with Crippen molar-refractivity contribution in [2.45, 2.75) is 71.6 Å². The third-order valence-corrected chi connectivity index (χ3v) is 9.83. The number of rotatable bonds is 19. The SMILES string of the molecule is C=C(O/N=C(\N)CC)[C@@H](NC(=O)C(C)NCC(Cc1ccccc1)NC(=O)c1cc(C(=O)N[C@H](C)c2ccccc2)cc(N(C)S(C)(=O)=O)c1)C(C)C. The van der Waals surface area contributed by atoms with Crippen molar-refractivity contribution in [3.63, 3.8) is 0 Å². The standard InChI is InChI=1S/C39H53N7O6S/c1-9-35(40)45-52-28(6)36(25(2)3)44-37(47)27(5)41-24-33(20-29-16-12-10-13-17-29)43-39(49)32-21-31(22-34(23-32)46(7)53(8,50)51)38(48)42-26(4)30-18-14-11-15-19-30/h10-19,21-23,25-27,33,36,41H,6,9,20,24H2,1-5,7-8H3,(H2,40,45)(H,42,48)(H,43,49)(H,44,47)/t26-,27?,33?,36+/m1/s1. The van der Waals surface area contributed by atoms with Crippen LogP contribution in [0.15, 0.2) is 96.4 Å². The Kier molecular flexibility index (Phi) is 15.6. The van der Waals surface area contributed by atoms with Gasteiger partial charge in [-0.1, -0.05) is 93.2 Å². The highest BCUT2D eigenvalue weighted by molar-refractivity contribution is 7.92. The molecule has 286 valence electrons. The van der Waals surface area contributed by atoms with E-state index in [2.05, 4.69) is 33.0 Å². The lowest BCUT2D eigenvalue weighted by atomic mass is 10.0. The second-order valence-corrected chi connectivity index (χ2v) is 15.3. The van der Waals surface area contributed by atoms with Crippen LogP contribution >= 0.6 is 0 Å². The van der Waals surface area contributed by atoms with Crippen LogP contribution in [0, 0.1) is 5.92 Å². The van der Waals surface area contributed by atoms with Crippen LogP contribution in [0.2, 0.25) is 0 Å². The number of sulfonamides is 1. The lowest BCUT2D eigenvalue weighted by Gasteiger charge is -2.26. The number of amidine groups is 1. The van der Waals surface area contributed by atoms with Gasteiger partial charge in [-0.25, -0.2) is 8.42 Å². The topological polar surface area (TPSA) is 184 Å². The van der Waals surface area contributed by atoms with Gasteiger partial charge >= 0.3 is 0 Å². The molecule has 3 aromatic carbocycles. The maximum atomic E-state index is 13.9. The molecule has 3 aromatic rings. The summed E-state index contributed by atoms with van der Waals surface area (Å²) in [4.78, 5) is 46.1. The zero-order valence-electron chi connectivity index (χ0n) is 31.6. The number of nitrogens with one attached hydrogen (secondary N) is 4. The molecule has 3 amide bonds. The molecular weight excluding hydrogens is 695 g/mol. The molecule has 0 spiro atoms. The fourth-order valence-corrected chi connectivity index (χ4v) is 5.73. The minimum absolute atomic E-state index is 0.0622. The molecule has 0 saturated heterocycles. The molecule has 0 bridgehead atoms. The molecule has 0 fully saturated rings. The Balaban J connectivity index is 1.84. The zero-order valence-corrected chi connectivity index (χ0v) is 32.4. The smallest absolute Gasteiger partial charge is 0.251 e. The number of benzene rings is 3. The zero-order chi connectivity index (χ0) is 39.3. The molecule has 0 heterocycles. The van der Waals surface area contributed by atoms with E-state index >= 15 is 0 Å². The summed E-state index contributed by atoms with van der Waals surface area (Å²) < 4.78 is 26.0. The van der Waals surface area contributed by atoms with Crippen LogP contribution in [0.5, 0.6) is 0 Å². The lowest BCUT2D eigenvalue weighted by molar-refractivity contribution is -0.123. The van der Waals surface area contributed by atoms with Crippen molar-refractivity contribution >= 4 is 39.3 Å². The first-order chi connectivity index (χ1) is 25.0. The van der Waals surface area contributed by atoms with E-state index in [1.165, 1.54) is 25.2 Å². The summed E-state index contributed by atoms with van der Waals surface area (Å²) in [5, 5.41) is 16.0. The number of carbonyl (C=O) groups is 3. The first-order valence-corrected chi connectivity index (χ1v) is 19.4. The third kappa shape index (κ3) is 13.1. The van der Waals surface area contributed by atoms with Crippen LogP contribution in [-0.4, -0.2) is 69.9 Å². The number of oxime groups is 1. The van der Waals surface area contributed by atoms with Gasteiger partial charge in [0.2, 0.25) is 15.9 Å². The molecule has 4 atom stereocenters. The van der Waals surface area contributed by atoms with E-state index in [0.29, 0.717) is 18.7 Å². The van der Waals surface area contributed by atoms with Crippen molar-refractivity contribution in [1.29, 1.82) is 0 Å². The van der Waals surface area contributed by atoms with Gasteiger partial charge in [0.15, 0.2) is 5.76 Å². The molecule has 0 aromatic heterocycles. The maximum Gasteiger partial charge on any atom is 0.251 e. The number of amides is 3. The predicted molar refractivity (Wildman–Crippen MR) is 210 cm³/mol. The van der Waals surface area contributed by atoms with Crippen molar-refractivity contribution in [2.75, 3.05) is 24.2 Å². The van der Waals surface area contributed by atoms with Gasteiger partial charge < -0.3 is 31.8 Å². The van der Waals surface area contributed by atoms with Crippen molar-refractivity contribution in [2.24, 2.45) is 16.8 Å². The second kappa shape index (κ2) is 19.6. The summed E-state index contributed by atoms with van der Waals surface area (Å²) in [6.07, 6.45) is 1.95. The Bertz CT molecular complexity index is 1850. The minimum atomic E-state index is -3.73. The number of nitrogens with two attached hydrogens (primary N) is 1. The summed E-state index contributed by atoms with van der Waals surface area (Å²) in [7, 11) is -2.37. The quantitative estimate of drug-likeness (QED) is 0.0522. The van der Waals surface area contributed by atoms with Crippen molar-refractivity contribution in [3.05, 3.63) is 113 Å². The maximum absolute atomic E-state index is 13.9. The van der Waals surface area contributed by atoms with E-state index < -0.39 is 40.0 Å². The molecule has 53 heavy (non-hydrogen) atoms. The molecule has 0 radical (unpaired) electrons. The van der Waals surface area contributed by atoms with Gasteiger partial charge in [-0.3, -0.25) is 18.7 Å². The fourth-order valence-electron chi connectivity index (χ4n) is 5.24. The van der Waals surface area contributed by atoms with Gasteiger partial charge in [0.1, 0.15) is 5.84 Å². The largest absolute Gasteiger partial charge is 0.384 e. The number of hydrogen-bond donors (Lipinski definition) is 5. The van der Waals surface area contributed by atoms with E-state index in [1.54, 1.807) is 6.92 Å². The Hall–Kier alpha value is -5.21. The summed E-state index contributed by atoms with van der Waals surface area (Å²) in [5.74, 6) is -0.838. The predicted octanol–water partition coefficient (Wildman–Crippen LogP) is 4.25. The van der Waals surface area contributed by atoms with Gasteiger partial charge in [-0.2, -0.15) is 0 Å². The highest BCUT2D eigenvalue weighted by Gasteiger charge is 2.26. The number of hydrogen-bond acceptors (Lipinski definition) is 8. The first kappa shape index (κ1) is 42.2. The van der Waals surface area contributed by atoms with Gasteiger partial charge in [-0.15, -0.1) is 0 Å². The van der Waals surface area contributed by atoms with Gasteiger partial charge in [0, 0.05) is 37.2 Å². The Morgan fingerprint density at radius 2 is 1.45 bits per heavy atom. The van der Waals surface area contributed by atoms with Crippen molar-refractivity contribution < 1.29 is 27.6 Å². The normalized spacial score (nSPS) is 14.0. The van der Waals surface area contributed by atoms with Crippen molar-refractivity contribution in [1.82, 2.24) is 21.3 Å². The summed E-state index contributed by atoms with van der Waals surface area (Å²) in [6, 6.07) is 21.1. The Labute approximate surface area is 313 Å². The van der Waals surface area contributed by atoms with E-state index in [0.717, 1.165) is 21.7 Å².